The monoisotopic (exact) mass is 349 g/mol. The Balaban J connectivity index is 0.00000288. The normalized spacial score (nSPS) is 11.4. The standard InChI is InChI=1S/C18H23N3O2.ClH/c1-13(19)8-10-20-17(22)9-11-21-18(23)16-7-6-14-4-2-3-5-15(14)12-16;/h2-7,12-13H,8-11,19H2,1H3,(H,20,22)(H,21,23);1H. The second-order valence-corrected chi connectivity index (χ2v) is 5.68. The van der Waals surface area contributed by atoms with Gasteiger partial charge in [0, 0.05) is 31.1 Å². The molecule has 0 aliphatic carbocycles. The molecule has 130 valence electrons. The summed E-state index contributed by atoms with van der Waals surface area (Å²) in [4.78, 5) is 23.7. The lowest BCUT2D eigenvalue weighted by Crippen LogP contribution is -2.32. The highest BCUT2D eigenvalue weighted by molar-refractivity contribution is 5.98. The van der Waals surface area contributed by atoms with Crippen molar-refractivity contribution in [3.8, 4) is 0 Å². The molecule has 4 N–H and O–H groups in total. The van der Waals surface area contributed by atoms with E-state index in [0.717, 1.165) is 17.2 Å². The van der Waals surface area contributed by atoms with E-state index in [1.807, 2.05) is 43.3 Å². The average Bonchev–Trinajstić information content (AvgIpc) is 2.54. The molecule has 2 aromatic carbocycles. The van der Waals surface area contributed by atoms with Gasteiger partial charge in [0.05, 0.1) is 0 Å². The first-order valence-electron chi connectivity index (χ1n) is 7.85. The number of amides is 2. The molecular weight excluding hydrogens is 326 g/mol. The maximum Gasteiger partial charge on any atom is 0.251 e. The molecule has 1 unspecified atom stereocenters. The van der Waals surface area contributed by atoms with E-state index in [0.29, 0.717) is 18.7 Å². The predicted molar refractivity (Wildman–Crippen MR) is 99.4 cm³/mol. The fraction of sp³-hybridized carbons (Fsp3) is 0.333. The van der Waals surface area contributed by atoms with Gasteiger partial charge in [-0.05, 0) is 36.2 Å². The van der Waals surface area contributed by atoms with Crippen LogP contribution in [-0.4, -0.2) is 30.9 Å². The maximum absolute atomic E-state index is 12.1. The average molecular weight is 350 g/mol. The van der Waals surface area contributed by atoms with Crippen LogP contribution in [0.3, 0.4) is 0 Å². The molecule has 0 aliphatic heterocycles. The molecule has 0 radical (unpaired) electrons. The van der Waals surface area contributed by atoms with Gasteiger partial charge in [-0.3, -0.25) is 9.59 Å². The van der Waals surface area contributed by atoms with Gasteiger partial charge < -0.3 is 16.4 Å². The minimum absolute atomic E-state index is 0. The third kappa shape index (κ3) is 6.18. The Hall–Kier alpha value is -2.11. The summed E-state index contributed by atoms with van der Waals surface area (Å²) in [7, 11) is 0. The van der Waals surface area contributed by atoms with Gasteiger partial charge in [0.1, 0.15) is 0 Å². The van der Waals surface area contributed by atoms with E-state index in [1.165, 1.54) is 0 Å². The lowest BCUT2D eigenvalue weighted by Gasteiger charge is -2.08. The Morgan fingerprint density at radius 1 is 1.04 bits per heavy atom. The topological polar surface area (TPSA) is 84.2 Å². The number of halogens is 1. The number of hydrogen-bond donors (Lipinski definition) is 3. The third-order valence-electron chi connectivity index (χ3n) is 3.57. The molecule has 0 aromatic heterocycles. The van der Waals surface area contributed by atoms with Crippen molar-refractivity contribution in [2.24, 2.45) is 5.73 Å². The maximum atomic E-state index is 12.1. The number of fused-ring (bicyclic) bond motifs is 1. The summed E-state index contributed by atoms with van der Waals surface area (Å²) in [5, 5.41) is 7.67. The van der Waals surface area contributed by atoms with Crippen LogP contribution >= 0.6 is 12.4 Å². The van der Waals surface area contributed by atoms with Gasteiger partial charge in [-0.1, -0.05) is 30.3 Å². The van der Waals surface area contributed by atoms with Gasteiger partial charge in [-0.25, -0.2) is 0 Å². The van der Waals surface area contributed by atoms with E-state index < -0.39 is 0 Å². The van der Waals surface area contributed by atoms with Gasteiger partial charge in [0.25, 0.3) is 5.91 Å². The molecule has 2 amide bonds. The Bertz CT molecular complexity index is 689. The minimum atomic E-state index is -0.167. The van der Waals surface area contributed by atoms with Crippen molar-refractivity contribution in [2.45, 2.75) is 25.8 Å². The summed E-state index contributed by atoms with van der Waals surface area (Å²) in [6.45, 7) is 2.78. The second-order valence-electron chi connectivity index (χ2n) is 5.68. The molecule has 0 saturated heterocycles. The zero-order valence-electron chi connectivity index (χ0n) is 13.7. The van der Waals surface area contributed by atoms with Crippen molar-refractivity contribution < 1.29 is 9.59 Å². The highest BCUT2D eigenvalue weighted by atomic mass is 35.5. The van der Waals surface area contributed by atoms with E-state index in [9.17, 15) is 9.59 Å². The lowest BCUT2D eigenvalue weighted by atomic mass is 10.1. The highest BCUT2D eigenvalue weighted by Gasteiger charge is 2.07. The van der Waals surface area contributed by atoms with Crippen molar-refractivity contribution in [1.82, 2.24) is 10.6 Å². The molecule has 0 spiro atoms. The van der Waals surface area contributed by atoms with Crippen LogP contribution < -0.4 is 16.4 Å². The van der Waals surface area contributed by atoms with Crippen molar-refractivity contribution in [3.05, 3.63) is 48.0 Å². The molecule has 0 bridgehead atoms. The van der Waals surface area contributed by atoms with Gasteiger partial charge in [0.15, 0.2) is 0 Å². The first kappa shape index (κ1) is 19.9. The Morgan fingerprint density at radius 3 is 2.46 bits per heavy atom. The fourth-order valence-corrected chi connectivity index (χ4v) is 2.25. The zero-order valence-corrected chi connectivity index (χ0v) is 14.6. The summed E-state index contributed by atoms with van der Waals surface area (Å²) in [6.07, 6.45) is 1.01. The van der Waals surface area contributed by atoms with Crippen LogP contribution in [0.2, 0.25) is 0 Å². The molecular formula is C18H24ClN3O2. The summed E-state index contributed by atoms with van der Waals surface area (Å²) in [5.74, 6) is -0.247. The zero-order chi connectivity index (χ0) is 16.7. The van der Waals surface area contributed by atoms with E-state index in [4.69, 9.17) is 5.73 Å². The van der Waals surface area contributed by atoms with Gasteiger partial charge in [-0.2, -0.15) is 0 Å². The number of carbonyl (C=O) groups is 2. The molecule has 0 saturated carbocycles. The smallest absolute Gasteiger partial charge is 0.251 e. The summed E-state index contributed by atoms with van der Waals surface area (Å²) < 4.78 is 0. The molecule has 1 atom stereocenters. The Kier molecular flexibility index (Phi) is 8.22. The number of benzene rings is 2. The fourth-order valence-electron chi connectivity index (χ4n) is 2.25. The van der Waals surface area contributed by atoms with Gasteiger partial charge in [-0.15, -0.1) is 12.4 Å². The summed E-state index contributed by atoms with van der Waals surface area (Å²) in [6, 6.07) is 13.5. The van der Waals surface area contributed by atoms with Gasteiger partial charge in [0.2, 0.25) is 5.91 Å². The Labute approximate surface area is 148 Å². The first-order valence-corrected chi connectivity index (χ1v) is 7.85. The van der Waals surface area contributed by atoms with Crippen molar-refractivity contribution >= 4 is 35.0 Å². The SMILES string of the molecule is CC(N)CCNC(=O)CCNC(=O)c1ccc2ccccc2c1.Cl. The molecule has 6 heteroatoms. The van der Waals surface area contributed by atoms with Crippen LogP contribution in [0.5, 0.6) is 0 Å². The number of nitrogens with one attached hydrogen (secondary N) is 2. The number of nitrogens with two attached hydrogens (primary N) is 1. The van der Waals surface area contributed by atoms with Crippen LogP contribution in [0.4, 0.5) is 0 Å². The predicted octanol–water partition coefficient (Wildman–Crippen LogP) is 2.24. The third-order valence-corrected chi connectivity index (χ3v) is 3.57. The van der Waals surface area contributed by atoms with Crippen LogP contribution in [0, 0.1) is 0 Å². The number of carbonyl (C=O) groups excluding carboxylic acids is 2. The van der Waals surface area contributed by atoms with Crippen LogP contribution in [0.25, 0.3) is 10.8 Å². The molecule has 24 heavy (non-hydrogen) atoms. The van der Waals surface area contributed by atoms with E-state index in [1.54, 1.807) is 6.07 Å². The highest BCUT2D eigenvalue weighted by Crippen LogP contribution is 2.15. The van der Waals surface area contributed by atoms with Crippen LogP contribution in [-0.2, 0) is 4.79 Å². The summed E-state index contributed by atoms with van der Waals surface area (Å²) >= 11 is 0. The van der Waals surface area contributed by atoms with Crippen LogP contribution in [0.15, 0.2) is 42.5 Å². The summed E-state index contributed by atoms with van der Waals surface area (Å²) in [5.41, 5.74) is 6.21. The van der Waals surface area contributed by atoms with E-state index in [2.05, 4.69) is 10.6 Å². The van der Waals surface area contributed by atoms with Crippen molar-refractivity contribution in [1.29, 1.82) is 0 Å². The van der Waals surface area contributed by atoms with Gasteiger partial charge >= 0.3 is 0 Å². The largest absolute Gasteiger partial charge is 0.356 e. The molecule has 0 aliphatic rings. The quantitative estimate of drug-likeness (QED) is 0.716. The number of rotatable bonds is 7. The molecule has 2 rings (SSSR count). The van der Waals surface area contributed by atoms with E-state index in [-0.39, 0.29) is 36.7 Å². The van der Waals surface area contributed by atoms with Crippen molar-refractivity contribution in [3.63, 3.8) is 0 Å². The molecule has 0 heterocycles. The lowest BCUT2D eigenvalue weighted by molar-refractivity contribution is -0.120. The number of hydrogen-bond acceptors (Lipinski definition) is 3. The molecule has 5 nitrogen and oxygen atoms in total. The minimum Gasteiger partial charge on any atom is -0.356 e. The second kappa shape index (κ2) is 9.90. The Morgan fingerprint density at radius 2 is 1.75 bits per heavy atom. The van der Waals surface area contributed by atoms with E-state index >= 15 is 0 Å². The van der Waals surface area contributed by atoms with Crippen LogP contribution in [0.1, 0.15) is 30.1 Å². The molecule has 0 fully saturated rings. The first-order chi connectivity index (χ1) is 11.1. The molecule has 2 aromatic rings. The van der Waals surface area contributed by atoms with Crippen molar-refractivity contribution in [2.75, 3.05) is 13.1 Å².